The minimum Gasteiger partial charge on any atom is -0.480 e. The minimum absolute atomic E-state index is 0.133. The van der Waals surface area contributed by atoms with Crippen molar-refractivity contribution in [1.29, 1.82) is 0 Å². The number of methoxy groups -OCH3 is 1. The molecule has 1 aliphatic rings. The molecule has 92 valence electrons. The second kappa shape index (κ2) is 5.30. The van der Waals surface area contributed by atoms with Crippen LogP contribution in [-0.4, -0.2) is 47.7 Å². The molecule has 16 heavy (non-hydrogen) atoms. The number of carbonyl (C=O) groups excluding carboxylic acids is 1. The molecule has 5 nitrogen and oxygen atoms in total. The van der Waals surface area contributed by atoms with Crippen LogP contribution in [0.2, 0.25) is 0 Å². The first-order valence-corrected chi connectivity index (χ1v) is 5.55. The normalized spacial score (nSPS) is 25.5. The van der Waals surface area contributed by atoms with Crippen LogP contribution < -0.4 is 0 Å². The van der Waals surface area contributed by atoms with Gasteiger partial charge in [-0.1, -0.05) is 0 Å². The van der Waals surface area contributed by atoms with Gasteiger partial charge in [-0.3, -0.25) is 4.79 Å². The second-order valence-electron chi connectivity index (χ2n) is 4.32. The lowest BCUT2D eigenvalue weighted by Crippen LogP contribution is -2.57. The lowest BCUT2D eigenvalue weighted by molar-refractivity contribution is -0.161. The van der Waals surface area contributed by atoms with Crippen molar-refractivity contribution in [3.8, 4) is 0 Å². The Kier molecular flexibility index (Phi) is 4.29. The predicted molar refractivity (Wildman–Crippen MR) is 58.1 cm³/mol. The van der Waals surface area contributed by atoms with Crippen molar-refractivity contribution in [2.75, 3.05) is 20.3 Å². The molecular weight excluding hydrogens is 210 g/mol. The lowest BCUT2D eigenvalue weighted by atomic mass is 9.88. The van der Waals surface area contributed by atoms with Crippen LogP contribution in [-0.2, 0) is 14.3 Å². The van der Waals surface area contributed by atoms with Crippen LogP contribution in [0.3, 0.4) is 0 Å². The topological polar surface area (TPSA) is 66.8 Å². The molecular formula is C11H19NO4. The van der Waals surface area contributed by atoms with E-state index in [-0.39, 0.29) is 12.3 Å². The zero-order chi connectivity index (χ0) is 12.2. The number of amides is 1. The van der Waals surface area contributed by atoms with Gasteiger partial charge in [0.15, 0.2) is 0 Å². The molecule has 0 aliphatic carbocycles. The van der Waals surface area contributed by atoms with Crippen molar-refractivity contribution in [1.82, 2.24) is 4.90 Å². The van der Waals surface area contributed by atoms with Crippen LogP contribution in [0.1, 0.15) is 32.6 Å². The molecule has 1 N–H and O–H groups in total. The SMILES string of the molecule is COCCC(=O)N1CCCCC1(C)C(=O)O. The molecule has 1 fully saturated rings. The van der Waals surface area contributed by atoms with Gasteiger partial charge in [0.1, 0.15) is 5.54 Å². The first-order valence-electron chi connectivity index (χ1n) is 5.55. The van der Waals surface area contributed by atoms with E-state index >= 15 is 0 Å². The lowest BCUT2D eigenvalue weighted by Gasteiger charge is -2.41. The first kappa shape index (κ1) is 13.0. The highest BCUT2D eigenvalue weighted by molar-refractivity contribution is 5.87. The van der Waals surface area contributed by atoms with Crippen molar-refractivity contribution in [3.05, 3.63) is 0 Å². The van der Waals surface area contributed by atoms with Crippen LogP contribution in [0, 0.1) is 0 Å². The van der Waals surface area contributed by atoms with Gasteiger partial charge in [0.2, 0.25) is 5.91 Å². The minimum atomic E-state index is -1.04. The standard InChI is InChI=1S/C11H19NO4/c1-11(10(14)15)6-3-4-7-12(11)9(13)5-8-16-2/h3-8H2,1-2H3,(H,14,15). The molecule has 1 rings (SSSR count). The van der Waals surface area contributed by atoms with Gasteiger partial charge < -0.3 is 14.7 Å². The van der Waals surface area contributed by atoms with Crippen molar-refractivity contribution in [2.45, 2.75) is 38.1 Å². The summed E-state index contributed by atoms with van der Waals surface area (Å²) >= 11 is 0. The number of carbonyl (C=O) groups is 2. The molecule has 0 radical (unpaired) electrons. The fraction of sp³-hybridized carbons (Fsp3) is 0.818. The number of likely N-dealkylation sites (tertiary alicyclic amines) is 1. The molecule has 1 aliphatic heterocycles. The molecule has 0 aromatic carbocycles. The summed E-state index contributed by atoms with van der Waals surface area (Å²) in [5.41, 5.74) is -1.04. The van der Waals surface area contributed by atoms with Crippen molar-refractivity contribution >= 4 is 11.9 Å². The van der Waals surface area contributed by atoms with Crippen LogP contribution in [0.4, 0.5) is 0 Å². The number of piperidine rings is 1. The maximum absolute atomic E-state index is 11.9. The Hall–Kier alpha value is -1.10. The molecule has 1 saturated heterocycles. The quantitative estimate of drug-likeness (QED) is 0.777. The summed E-state index contributed by atoms with van der Waals surface area (Å²) in [7, 11) is 1.53. The number of carboxylic acids is 1. The van der Waals surface area contributed by atoms with E-state index in [0.717, 1.165) is 12.8 Å². The Morgan fingerprint density at radius 2 is 2.12 bits per heavy atom. The molecule has 0 aromatic rings. The van der Waals surface area contributed by atoms with E-state index in [4.69, 9.17) is 4.74 Å². The highest BCUT2D eigenvalue weighted by atomic mass is 16.5. The zero-order valence-corrected chi connectivity index (χ0v) is 9.86. The third-order valence-electron chi connectivity index (χ3n) is 3.17. The van der Waals surface area contributed by atoms with E-state index in [1.165, 1.54) is 12.0 Å². The third-order valence-corrected chi connectivity index (χ3v) is 3.17. The average molecular weight is 229 g/mol. The second-order valence-corrected chi connectivity index (χ2v) is 4.32. The van der Waals surface area contributed by atoms with Gasteiger partial charge in [-0.05, 0) is 26.2 Å². The van der Waals surface area contributed by atoms with E-state index in [2.05, 4.69) is 0 Å². The maximum Gasteiger partial charge on any atom is 0.329 e. The number of rotatable bonds is 4. The molecule has 0 saturated carbocycles. The summed E-state index contributed by atoms with van der Waals surface area (Å²) in [5.74, 6) is -1.05. The Bertz CT molecular complexity index is 279. The zero-order valence-electron chi connectivity index (χ0n) is 9.86. The summed E-state index contributed by atoms with van der Waals surface area (Å²) in [6.07, 6.45) is 2.51. The summed E-state index contributed by atoms with van der Waals surface area (Å²) in [6.45, 7) is 2.50. The van der Waals surface area contributed by atoms with E-state index in [0.29, 0.717) is 19.6 Å². The van der Waals surface area contributed by atoms with Gasteiger partial charge in [-0.15, -0.1) is 0 Å². The fourth-order valence-corrected chi connectivity index (χ4v) is 2.07. The largest absolute Gasteiger partial charge is 0.480 e. The summed E-state index contributed by atoms with van der Waals surface area (Å²) < 4.78 is 4.84. The van der Waals surface area contributed by atoms with Crippen molar-refractivity contribution in [3.63, 3.8) is 0 Å². The van der Waals surface area contributed by atoms with E-state index in [1.54, 1.807) is 6.92 Å². The monoisotopic (exact) mass is 229 g/mol. The van der Waals surface area contributed by atoms with Gasteiger partial charge >= 0.3 is 5.97 Å². The van der Waals surface area contributed by atoms with Gasteiger partial charge in [0, 0.05) is 13.7 Å². The number of carboxylic acid groups (broad SMARTS) is 1. The van der Waals surface area contributed by atoms with Gasteiger partial charge in [0.25, 0.3) is 0 Å². The summed E-state index contributed by atoms with van der Waals surface area (Å²) in [4.78, 5) is 24.6. The summed E-state index contributed by atoms with van der Waals surface area (Å²) in [5, 5.41) is 9.22. The van der Waals surface area contributed by atoms with E-state index in [1.807, 2.05) is 0 Å². The number of hydrogen-bond acceptors (Lipinski definition) is 3. The number of ether oxygens (including phenoxy) is 1. The Morgan fingerprint density at radius 1 is 1.44 bits per heavy atom. The first-order chi connectivity index (χ1) is 7.52. The average Bonchev–Trinajstić information content (AvgIpc) is 2.26. The van der Waals surface area contributed by atoms with E-state index < -0.39 is 11.5 Å². The molecule has 1 amide bonds. The molecule has 5 heteroatoms. The number of nitrogens with zero attached hydrogens (tertiary/aromatic N) is 1. The van der Waals surface area contributed by atoms with Crippen molar-refractivity contribution < 1.29 is 19.4 Å². The van der Waals surface area contributed by atoms with Gasteiger partial charge in [-0.25, -0.2) is 4.79 Å². The molecule has 1 heterocycles. The Labute approximate surface area is 95.4 Å². The molecule has 1 unspecified atom stereocenters. The number of aliphatic carboxylic acids is 1. The van der Waals surface area contributed by atoms with Gasteiger partial charge in [0.05, 0.1) is 13.0 Å². The fourth-order valence-electron chi connectivity index (χ4n) is 2.07. The molecule has 1 atom stereocenters. The van der Waals surface area contributed by atoms with Crippen molar-refractivity contribution in [2.24, 2.45) is 0 Å². The van der Waals surface area contributed by atoms with Crippen LogP contribution in [0.5, 0.6) is 0 Å². The Morgan fingerprint density at radius 3 is 2.69 bits per heavy atom. The summed E-state index contributed by atoms with van der Waals surface area (Å²) in [6, 6.07) is 0. The van der Waals surface area contributed by atoms with Gasteiger partial charge in [-0.2, -0.15) is 0 Å². The van der Waals surface area contributed by atoms with Crippen LogP contribution in [0.15, 0.2) is 0 Å². The molecule has 0 aromatic heterocycles. The van der Waals surface area contributed by atoms with Crippen LogP contribution in [0.25, 0.3) is 0 Å². The molecule has 0 bridgehead atoms. The smallest absolute Gasteiger partial charge is 0.329 e. The maximum atomic E-state index is 11.9. The molecule has 0 spiro atoms. The Balaban J connectivity index is 2.74. The van der Waals surface area contributed by atoms with E-state index in [9.17, 15) is 14.7 Å². The number of hydrogen-bond donors (Lipinski definition) is 1. The highest BCUT2D eigenvalue weighted by Gasteiger charge is 2.43. The third kappa shape index (κ3) is 2.52. The predicted octanol–water partition coefficient (Wildman–Crippen LogP) is 0.879. The van der Waals surface area contributed by atoms with Crippen LogP contribution >= 0.6 is 0 Å². The highest BCUT2D eigenvalue weighted by Crippen LogP contribution is 2.28.